The van der Waals surface area contributed by atoms with Crippen LogP contribution in [0.15, 0.2) is 0 Å². The fraction of sp³-hybridized carbons (Fsp3) is 0.857. The van der Waals surface area contributed by atoms with Crippen molar-refractivity contribution in [1.29, 1.82) is 0 Å². The Kier molecular flexibility index (Phi) is 2.83. The molecule has 0 aromatic carbocycles. The van der Waals surface area contributed by atoms with Gasteiger partial charge < -0.3 is 0 Å². The number of hydroxylamine groups is 2. The molecule has 1 rings (SSSR count). The van der Waals surface area contributed by atoms with Crippen LogP contribution < -0.4 is 0 Å². The third kappa shape index (κ3) is 2.45. The van der Waals surface area contributed by atoms with Gasteiger partial charge in [-0.2, -0.15) is 5.06 Å². The van der Waals surface area contributed by atoms with Crippen LogP contribution in [-0.2, 0) is 9.63 Å². The number of carbonyl (C=O) groups is 1. The van der Waals surface area contributed by atoms with Gasteiger partial charge in [-0.3, -0.25) is 9.63 Å². The van der Waals surface area contributed by atoms with E-state index in [-0.39, 0.29) is 5.78 Å². The van der Waals surface area contributed by atoms with E-state index in [1.165, 1.54) is 0 Å². The summed E-state index contributed by atoms with van der Waals surface area (Å²) >= 11 is 0. The quantitative estimate of drug-likeness (QED) is 0.567. The molecule has 0 amide bonds. The summed E-state index contributed by atoms with van der Waals surface area (Å²) in [5.41, 5.74) is 0. The molecule has 0 saturated carbocycles. The molecule has 1 heterocycles. The molecular weight excluding hydrogens is 130 g/mol. The van der Waals surface area contributed by atoms with E-state index < -0.39 is 0 Å². The van der Waals surface area contributed by atoms with E-state index in [2.05, 4.69) is 0 Å². The minimum absolute atomic E-state index is 0.168. The number of rotatable bonds is 2. The van der Waals surface area contributed by atoms with Crippen molar-refractivity contribution in [2.75, 3.05) is 19.7 Å². The van der Waals surface area contributed by atoms with Gasteiger partial charge in [0.05, 0.1) is 13.2 Å². The first-order valence-corrected chi connectivity index (χ1v) is 3.66. The summed E-state index contributed by atoms with van der Waals surface area (Å²) in [5.74, 6) is 0.168. The van der Waals surface area contributed by atoms with Crippen molar-refractivity contribution in [3.8, 4) is 0 Å². The lowest BCUT2D eigenvalue weighted by atomic mass is 10.3. The molecule has 1 saturated heterocycles. The van der Waals surface area contributed by atoms with Gasteiger partial charge in [0.15, 0.2) is 0 Å². The Morgan fingerprint density at radius 3 is 2.90 bits per heavy atom. The highest BCUT2D eigenvalue weighted by molar-refractivity contribution is 5.77. The Balaban J connectivity index is 2.19. The average Bonchev–Trinajstić information content (AvgIpc) is 1.88. The predicted molar refractivity (Wildman–Crippen MR) is 37.4 cm³/mol. The lowest BCUT2D eigenvalue weighted by Crippen LogP contribution is -2.33. The van der Waals surface area contributed by atoms with Crippen LogP contribution in [0.3, 0.4) is 0 Å². The molecule has 3 heteroatoms. The molecule has 0 bridgehead atoms. The van der Waals surface area contributed by atoms with E-state index >= 15 is 0 Å². The van der Waals surface area contributed by atoms with Gasteiger partial charge >= 0.3 is 0 Å². The molecule has 0 spiro atoms. The molecule has 0 aromatic rings. The lowest BCUT2D eigenvalue weighted by molar-refractivity contribution is -0.182. The number of hydrogen-bond donors (Lipinski definition) is 0. The molecule has 0 unspecified atom stereocenters. The van der Waals surface area contributed by atoms with Gasteiger partial charge in [0.1, 0.15) is 5.78 Å². The molecule has 0 aliphatic carbocycles. The van der Waals surface area contributed by atoms with Crippen molar-refractivity contribution in [3.63, 3.8) is 0 Å². The first kappa shape index (κ1) is 7.69. The van der Waals surface area contributed by atoms with Crippen LogP contribution in [-0.4, -0.2) is 30.5 Å². The minimum Gasteiger partial charge on any atom is -0.299 e. The van der Waals surface area contributed by atoms with Crippen LogP contribution in [0, 0.1) is 0 Å². The van der Waals surface area contributed by atoms with Crippen molar-refractivity contribution in [2.24, 2.45) is 0 Å². The smallest absolute Gasteiger partial charge is 0.146 e. The lowest BCUT2D eigenvalue weighted by Gasteiger charge is -2.24. The Labute approximate surface area is 60.9 Å². The van der Waals surface area contributed by atoms with Crippen molar-refractivity contribution in [1.82, 2.24) is 5.06 Å². The molecule has 58 valence electrons. The van der Waals surface area contributed by atoms with Gasteiger partial charge in [-0.25, -0.2) is 0 Å². The molecule has 1 fully saturated rings. The standard InChI is InChI=1S/C7H13NO2/c1-7(9)6-8-4-2-3-5-10-8/h2-6H2,1H3. The Morgan fingerprint density at radius 1 is 1.60 bits per heavy atom. The Hall–Kier alpha value is -0.410. The summed E-state index contributed by atoms with van der Waals surface area (Å²) in [6, 6.07) is 0. The first-order chi connectivity index (χ1) is 4.79. The van der Waals surface area contributed by atoms with E-state index in [1.807, 2.05) is 0 Å². The Morgan fingerprint density at radius 2 is 2.40 bits per heavy atom. The molecular formula is C7H13NO2. The second-order valence-corrected chi connectivity index (χ2v) is 2.61. The molecule has 10 heavy (non-hydrogen) atoms. The largest absolute Gasteiger partial charge is 0.299 e. The zero-order valence-corrected chi connectivity index (χ0v) is 6.30. The maximum atomic E-state index is 10.6. The maximum Gasteiger partial charge on any atom is 0.146 e. The fourth-order valence-corrected chi connectivity index (χ4v) is 1.02. The number of Topliss-reactive ketones (excluding diaryl/α,β-unsaturated/α-hetero) is 1. The SMILES string of the molecule is CC(=O)CN1CCCCO1. The van der Waals surface area contributed by atoms with Crippen molar-refractivity contribution < 1.29 is 9.63 Å². The second kappa shape index (κ2) is 3.68. The van der Waals surface area contributed by atoms with Crippen molar-refractivity contribution >= 4 is 5.78 Å². The van der Waals surface area contributed by atoms with Gasteiger partial charge in [0.25, 0.3) is 0 Å². The molecule has 0 radical (unpaired) electrons. The highest BCUT2D eigenvalue weighted by Crippen LogP contribution is 2.04. The monoisotopic (exact) mass is 143 g/mol. The summed E-state index contributed by atoms with van der Waals surface area (Å²) in [4.78, 5) is 15.8. The zero-order chi connectivity index (χ0) is 7.40. The van der Waals surface area contributed by atoms with Crippen LogP contribution >= 0.6 is 0 Å². The van der Waals surface area contributed by atoms with Crippen LogP contribution in [0.2, 0.25) is 0 Å². The van der Waals surface area contributed by atoms with E-state index in [0.29, 0.717) is 6.54 Å². The Bertz CT molecular complexity index is 119. The van der Waals surface area contributed by atoms with Crippen molar-refractivity contribution in [3.05, 3.63) is 0 Å². The molecule has 0 atom stereocenters. The number of carbonyl (C=O) groups excluding carboxylic acids is 1. The third-order valence-electron chi connectivity index (χ3n) is 1.47. The normalized spacial score (nSPS) is 20.9. The predicted octanol–water partition coefficient (Wildman–Crippen LogP) is 0.603. The third-order valence-corrected chi connectivity index (χ3v) is 1.47. The van der Waals surface area contributed by atoms with Gasteiger partial charge in [-0.1, -0.05) is 0 Å². The zero-order valence-electron chi connectivity index (χ0n) is 6.30. The van der Waals surface area contributed by atoms with Crippen LogP contribution in [0.5, 0.6) is 0 Å². The average molecular weight is 143 g/mol. The highest BCUT2D eigenvalue weighted by Gasteiger charge is 2.11. The van der Waals surface area contributed by atoms with Crippen LogP contribution in [0.4, 0.5) is 0 Å². The minimum atomic E-state index is 0.168. The van der Waals surface area contributed by atoms with E-state index in [4.69, 9.17) is 4.84 Å². The van der Waals surface area contributed by atoms with E-state index in [1.54, 1.807) is 12.0 Å². The van der Waals surface area contributed by atoms with Gasteiger partial charge in [0.2, 0.25) is 0 Å². The van der Waals surface area contributed by atoms with Crippen molar-refractivity contribution in [2.45, 2.75) is 19.8 Å². The van der Waals surface area contributed by atoms with E-state index in [0.717, 1.165) is 26.0 Å². The van der Waals surface area contributed by atoms with E-state index in [9.17, 15) is 4.79 Å². The topological polar surface area (TPSA) is 29.5 Å². The van der Waals surface area contributed by atoms with Gasteiger partial charge in [-0.05, 0) is 19.8 Å². The summed E-state index contributed by atoms with van der Waals surface area (Å²) in [6.07, 6.45) is 2.27. The number of ketones is 1. The van der Waals surface area contributed by atoms with Gasteiger partial charge in [0, 0.05) is 6.54 Å². The summed E-state index contributed by atoms with van der Waals surface area (Å²) in [5, 5.41) is 1.74. The molecule has 1 aliphatic rings. The number of hydrogen-bond acceptors (Lipinski definition) is 3. The molecule has 3 nitrogen and oxygen atoms in total. The number of nitrogens with zero attached hydrogens (tertiary/aromatic N) is 1. The maximum absolute atomic E-state index is 10.6. The van der Waals surface area contributed by atoms with Crippen LogP contribution in [0.25, 0.3) is 0 Å². The fourth-order valence-electron chi connectivity index (χ4n) is 1.02. The van der Waals surface area contributed by atoms with Crippen LogP contribution in [0.1, 0.15) is 19.8 Å². The summed E-state index contributed by atoms with van der Waals surface area (Å²) < 4.78 is 0. The highest BCUT2D eigenvalue weighted by atomic mass is 16.7. The molecule has 0 N–H and O–H groups in total. The summed E-state index contributed by atoms with van der Waals surface area (Å²) in [7, 11) is 0. The summed E-state index contributed by atoms with van der Waals surface area (Å²) in [6.45, 7) is 3.70. The van der Waals surface area contributed by atoms with Gasteiger partial charge in [-0.15, -0.1) is 0 Å². The molecule has 0 aromatic heterocycles. The molecule has 1 aliphatic heterocycles. The second-order valence-electron chi connectivity index (χ2n) is 2.61. The first-order valence-electron chi connectivity index (χ1n) is 3.66.